The Kier molecular flexibility index (Phi) is 2.92. The van der Waals surface area contributed by atoms with Crippen LogP contribution in [-0.4, -0.2) is 44.1 Å². The molecule has 5 nitrogen and oxygen atoms in total. The van der Waals surface area contributed by atoms with Crippen LogP contribution in [0.4, 0.5) is 0 Å². The Hall–Kier alpha value is -0.620. The van der Waals surface area contributed by atoms with E-state index >= 15 is 0 Å². The van der Waals surface area contributed by atoms with Crippen LogP contribution in [0.5, 0.6) is 0 Å². The molecule has 0 radical (unpaired) electrons. The van der Waals surface area contributed by atoms with Crippen molar-refractivity contribution in [3.8, 4) is 0 Å². The predicted molar refractivity (Wildman–Crippen MR) is 47.2 cm³/mol. The lowest BCUT2D eigenvalue weighted by Gasteiger charge is -2.27. The molecule has 0 spiro atoms. The molecule has 1 saturated heterocycles. The Balaban J connectivity index is 2.86. The molecule has 0 bridgehead atoms. The molecule has 6 heteroatoms. The van der Waals surface area contributed by atoms with Gasteiger partial charge in [-0.15, -0.1) is 0 Å². The summed E-state index contributed by atoms with van der Waals surface area (Å²) < 4.78 is 22.4. The second kappa shape index (κ2) is 3.63. The normalized spacial score (nSPS) is 29.9. The molecule has 1 rings (SSSR count). The third-order valence-corrected chi connectivity index (χ3v) is 3.89. The first-order valence-electron chi connectivity index (χ1n) is 4.05. The maximum atomic E-state index is 11.2. The number of nitrogens with one attached hydrogen (secondary N) is 1. The average molecular weight is 207 g/mol. The summed E-state index contributed by atoms with van der Waals surface area (Å²) in [5.41, 5.74) is 0. The fourth-order valence-electron chi connectivity index (χ4n) is 1.56. The lowest BCUT2D eigenvalue weighted by atomic mass is 9.98. The molecule has 1 heterocycles. The van der Waals surface area contributed by atoms with Gasteiger partial charge in [0.15, 0.2) is 9.84 Å². The second-order valence-electron chi connectivity index (χ2n) is 3.31. The topological polar surface area (TPSA) is 83.5 Å². The van der Waals surface area contributed by atoms with Crippen molar-refractivity contribution in [2.75, 3.05) is 19.3 Å². The van der Waals surface area contributed by atoms with Crippen molar-refractivity contribution in [1.29, 1.82) is 0 Å². The minimum Gasteiger partial charge on any atom is -0.481 e. The van der Waals surface area contributed by atoms with Gasteiger partial charge in [0.2, 0.25) is 0 Å². The summed E-state index contributed by atoms with van der Waals surface area (Å²) in [6, 6.07) is 0. The highest BCUT2D eigenvalue weighted by Crippen LogP contribution is 2.18. The number of piperidine rings is 1. The van der Waals surface area contributed by atoms with Crippen molar-refractivity contribution in [1.82, 2.24) is 5.32 Å². The minimum atomic E-state index is -3.26. The first-order chi connectivity index (χ1) is 5.93. The van der Waals surface area contributed by atoms with Crippen molar-refractivity contribution < 1.29 is 18.3 Å². The zero-order valence-electron chi connectivity index (χ0n) is 7.36. The first kappa shape index (κ1) is 10.5. The molecule has 0 aromatic carbocycles. The molecule has 0 amide bonds. The standard InChI is InChI=1S/C7H13NO4S/c1-13(11,12)6-4-8-3-2-5(6)7(9)10/h5-6,8H,2-4H2,1H3,(H,9,10). The highest BCUT2D eigenvalue weighted by atomic mass is 32.2. The highest BCUT2D eigenvalue weighted by Gasteiger charge is 2.37. The van der Waals surface area contributed by atoms with Crippen LogP contribution in [0.1, 0.15) is 6.42 Å². The summed E-state index contributed by atoms with van der Waals surface area (Å²) in [6.07, 6.45) is 1.47. The van der Waals surface area contributed by atoms with Gasteiger partial charge in [-0.1, -0.05) is 0 Å². The fraction of sp³-hybridized carbons (Fsp3) is 0.857. The van der Waals surface area contributed by atoms with Crippen molar-refractivity contribution in [3.05, 3.63) is 0 Å². The van der Waals surface area contributed by atoms with E-state index in [1.165, 1.54) is 0 Å². The maximum absolute atomic E-state index is 11.2. The van der Waals surface area contributed by atoms with Crippen molar-refractivity contribution in [3.63, 3.8) is 0 Å². The Labute approximate surface area is 77.1 Å². The number of carboxylic acid groups (broad SMARTS) is 1. The van der Waals surface area contributed by atoms with E-state index in [0.29, 0.717) is 13.0 Å². The van der Waals surface area contributed by atoms with E-state index in [1.807, 2.05) is 0 Å². The van der Waals surface area contributed by atoms with Crippen LogP contribution in [-0.2, 0) is 14.6 Å². The molecule has 0 aromatic heterocycles. The largest absolute Gasteiger partial charge is 0.481 e. The molecule has 2 atom stereocenters. The summed E-state index contributed by atoms with van der Waals surface area (Å²) >= 11 is 0. The van der Waals surface area contributed by atoms with Gasteiger partial charge in [-0.05, 0) is 13.0 Å². The van der Waals surface area contributed by atoms with Crippen LogP contribution in [0.3, 0.4) is 0 Å². The van der Waals surface area contributed by atoms with Crippen LogP contribution < -0.4 is 5.32 Å². The summed E-state index contributed by atoms with van der Waals surface area (Å²) in [5, 5.41) is 10.9. The molecule has 0 aliphatic carbocycles. The Morgan fingerprint density at radius 3 is 2.54 bits per heavy atom. The molecule has 2 unspecified atom stereocenters. The quantitative estimate of drug-likeness (QED) is 0.612. The van der Waals surface area contributed by atoms with E-state index in [0.717, 1.165) is 6.26 Å². The van der Waals surface area contributed by atoms with Crippen molar-refractivity contribution >= 4 is 15.8 Å². The summed E-state index contributed by atoms with van der Waals surface area (Å²) in [7, 11) is -3.26. The first-order valence-corrected chi connectivity index (χ1v) is 6.01. The zero-order chi connectivity index (χ0) is 10.1. The van der Waals surface area contributed by atoms with Gasteiger partial charge in [0.25, 0.3) is 0 Å². The molecule has 76 valence electrons. The lowest BCUT2D eigenvalue weighted by Crippen LogP contribution is -2.47. The second-order valence-corrected chi connectivity index (χ2v) is 5.57. The van der Waals surface area contributed by atoms with Crippen molar-refractivity contribution in [2.45, 2.75) is 11.7 Å². The summed E-state index contributed by atoms with van der Waals surface area (Å²) in [4.78, 5) is 10.7. The van der Waals surface area contributed by atoms with Crippen molar-refractivity contribution in [2.24, 2.45) is 5.92 Å². The van der Waals surface area contributed by atoms with Gasteiger partial charge in [0, 0.05) is 12.8 Å². The molecule has 0 saturated carbocycles. The molecule has 1 aliphatic heterocycles. The van der Waals surface area contributed by atoms with E-state index in [4.69, 9.17) is 5.11 Å². The highest BCUT2D eigenvalue weighted by molar-refractivity contribution is 7.91. The van der Waals surface area contributed by atoms with Gasteiger partial charge in [-0.2, -0.15) is 0 Å². The molecule has 1 fully saturated rings. The number of carboxylic acids is 1. The smallest absolute Gasteiger partial charge is 0.307 e. The molecule has 1 aliphatic rings. The summed E-state index contributed by atoms with van der Waals surface area (Å²) in [6.45, 7) is 0.818. The molecule has 2 N–H and O–H groups in total. The van der Waals surface area contributed by atoms with Gasteiger partial charge in [-0.3, -0.25) is 4.79 Å². The zero-order valence-corrected chi connectivity index (χ0v) is 8.17. The number of aliphatic carboxylic acids is 1. The Morgan fingerprint density at radius 1 is 1.54 bits per heavy atom. The predicted octanol–water partition coefficient (Wildman–Crippen LogP) is -0.906. The number of rotatable bonds is 2. The van der Waals surface area contributed by atoms with E-state index < -0.39 is 27.0 Å². The van der Waals surface area contributed by atoms with Gasteiger partial charge in [-0.25, -0.2) is 8.42 Å². The van der Waals surface area contributed by atoms with Crippen LogP contribution in [0.2, 0.25) is 0 Å². The fourth-order valence-corrected chi connectivity index (χ4v) is 2.83. The molecule has 0 aromatic rings. The number of hydrogen-bond acceptors (Lipinski definition) is 4. The lowest BCUT2D eigenvalue weighted by molar-refractivity contribution is -0.142. The van der Waals surface area contributed by atoms with E-state index in [2.05, 4.69) is 5.32 Å². The Bertz CT molecular complexity index is 298. The SMILES string of the molecule is CS(=O)(=O)C1CNCCC1C(=O)O. The maximum Gasteiger partial charge on any atom is 0.307 e. The molecular weight excluding hydrogens is 194 g/mol. The van der Waals surface area contributed by atoms with E-state index in [9.17, 15) is 13.2 Å². The third-order valence-electron chi connectivity index (χ3n) is 2.29. The van der Waals surface area contributed by atoms with Gasteiger partial charge in [0.05, 0.1) is 11.2 Å². The van der Waals surface area contributed by atoms with Crippen LogP contribution >= 0.6 is 0 Å². The van der Waals surface area contributed by atoms with E-state index in [-0.39, 0.29) is 6.54 Å². The number of carbonyl (C=O) groups is 1. The van der Waals surface area contributed by atoms with Crippen LogP contribution in [0.15, 0.2) is 0 Å². The van der Waals surface area contributed by atoms with Crippen LogP contribution in [0.25, 0.3) is 0 Å². The number of sulfone groups is 1. The summed E-state index contributed by atoms with van der Waals surface area (Å²) in [5.74, 6) is -1.77. The number of hydrogen-bond donors (Lipinski definition) is 2. The molecule has 13 heavy (non-hydrogen) atoms. The third kappa shape index (κ3) is 2.41. The van der Waals surface area contributed by atoms with Crippen LogP contribution in [0, 0.1) is 5.92 Å². The monoisotopic (exact) mass is 207 g/mol. The van der Waals surface area contributed by atoms with E-state index in [1.54, 1.807) is 0 Å². The Morgan fingerprint density at radius 2 is 2.15 bits per heavy atom. The average Bonchev–Trinajstić information content (AvgIpc) is 2.03. The molecular formula is C7H13NO4S. The minimum absolute atomic E-state index is 0.246. The van der Waals surface area contributed by atoms with Gasteiger partial charge < -0.3 is 10.4 Å². The van der Waals surface area contributed by atoms with Gasteiger partial charge in [0.1, 0.15) is 0 Å². The van der Waals surface area contributed by atoms with Gasteiger partial charge >= 0.3 is 5.97 Å².